The molecule has 0 aliphatic carbocycles. The smallest absolute Gasteiger partial charge is 0.135 e. The minimum absolute atomic E-state index is 0. The van der Waals surface area contributed by atoms with Gasteiger partial charge in [0.1, 0.15) is 5.82 Å². The van der Waals surface area contributed by atoms with Crippen LogP contribution in [0.5, 0.6) is 11.5 Å². The molecule has 248 valence electrons. The van der Waals surface area contributed by atoms with Crippen molar-refractivity contribution in [2.45, 2.75) is 66.2 Å². The fourth-order valence-corrected chi connectivity index (χ4v) is 6.20. The number of para-hydroxylation sites is 1. The Bertz CT molecular complexity index is 2170. The van der Waals surface area contributed by atoms with Crippen LogP contribution in [0.3, 0.4) is 0 Å². The van der Waals surface area contributed by atoms with Crippen molar-refractivity contribution in [3.63, 3.8) is 0 Å². The van der Waals surface area contributed by atoms with E-state index in [0.717, 1.165) is 44.7 Å². The molecule has 0 radical (unpaired) electrons. The van der Waals surface area contributed by atoms with E-state index >= 15 is 0 Å². The number of nitrogens with zero attached hydrogens (tertiary/aromatic N) is 4. The fourth-order valence-electron chi connectivity index (χ4n) is 6.20. The quantitative estimate of drug-likeness (QED) is 0.162. The van der Waals surface area contributed by atoms with Crippen LogP contribution in [0.4, 0.5) is 11.4 Å². The van der Waals surface area contributed by atoms with E-state index in [1.165, 1.54) is 16.8 Å². The van der Waals surface area contributed by atoms with Gasteiger partial charge in [-0.15, -0.1) is 48.1 Å². The predicted octanol–water partition coefficient (Wildman–Crippen LogP) is 10.9. The first-order valence-electron chi connectivity index (χ1n) is 16.2. The molecule has 0 atom stereocenters. The number of anilines is 2. The second-order valence-electron chi connectivity index (χ2n) is 14.4. The molecule has 0 N–H and O–H groups in total. The molecule has 2 aromatic heterocycles. The Hall–Kier alpha value is -4.34. The molecule has 4 aromatic carbocycles. The molecule has 0 saturated heterocycles. The van der Waals surface area contributed by atoms with Crippen LogP contribution in [-0.4, -0.2) is 9.55 Å². The number of aromatic nitrogens is 2. The van der Waals surface area contributed by atoms with Crippen molar-refractivity contribution in [2.75, 3.05) is 9.80 Å². The summed E-state index contributed by atoms with van der Waals surface area (Å²) in [5.41, 5.74) is 8.98. The minimum Gasteiger partial charge on any atom is -0.509 e. The zero-order valence-electron chi connectivity index (χ0n) is 28.8. The summed E-state index contributed by atoms with van der Waals surface area (Å²) in [7, 11) is 0. The zero-order valence-corrected chi connectivity index (χ0v) is 31.1. The van der Waals surface area contributed by atoms with Crippen molar-refractivity contribution >= 4 is 33.2 Å². The van der Waals surface area contributed by atoms with Gasteiger partial charge in [-0.2, -0.15) is 12.1 Å². The topological polar surface area (TPSA) is 33.5 Å². The van der Waals surface area contributed by atoms with E-state index in [1.807, 2.05) is 24.4 Å². The van der Waals surface area contributed by atoms with E-state index in [0.29, 0.717) is 11.5 Å². The molecule has 0 bridgehead atoms. The van der Waals surface area contributed by atoms with Crippen molar-refractivity contribution in [3.05, 3.63) is 139 Å². The molecule has 0 unspecified atom stereocenters. The van der Waals surface area contributed by atoms with Gasteiger partial charge < -0.3 is 19.1 Å². The van der Waals surface area contributed by atoms with Gasteiger partial charge in [-0.25, -0.2) is 4.98 Å². The number of fused-ring (bicyclic) bond motifs is 3. The number of hydrogen-bond donors (Lipinski definition) is 0. The average molecular weight is 813 g/mol. The Labute approximate surface area is 299 Å². The van der Waals surface area contributed by atoms with Crippen LogP contribution in [0.15, 0.2) is 109 Å². The third kappa shape index (κ3) is 6.17. The summed E-state index contributed by atoms with van der Waals surface area (Å²) >= 11 is 0. The maximum atomic E-state index is 6.46. The summed E-state index contributed by atoms with van der Waals surface area (Å²) in [6, 6.07) is 38.7. The Balaban J connectivity index is 0.00000401. The summed E-state index contributed by atoms with van der Waals surface area (Å²) in [4.78, 5) is 9.22. The number of rotatable bonds is 5. The van der Waals surface area contributed by atoms with Crippen molar-refractivity contribution < 1.29 is 25.8 Å². The Morgan fingerprint density at radius 3 is 2.12 bits per heavy atom. The van der Waals surface area contributed by atoms with Gasteiger partial charge in [-0.05, 0) is 71.5 Å². The molecule has 1 aliphatic rings. The molecule has 48 heavy (non-hydrogen) atoms. The van der Waals surface area contributed by atoms with Crippen LogP contribution >= 0.6 is 0 Å². The number of allylic oxidation sites excluding steroid dienone is 2. The zero-order chi connectivity index (χ0) is 33.1. The monoisotopic (exact) mass is 812 g/mol. The molecular weight excluding hydrogens is 772 g/mol. The van der Waals surface area contributed by atoms with Crippen LogP contribution in [0.25, 0.3) is 27.6 Å². The maximum Gasteiger partial charge on any atom is 0.135 e. The summed E-state index contributed by atoms with van der Waals surface area (Å²) in [6.07, 6.45) is 1.90. The molecule has 7 rings (SSSR count). The van der Waals surface area contributed by atoms with Gasteiger partial charge in [0, 0.05) is 61.4 Å². The predicted molar refractivity (Wildman–Crippen MR) is 194 cm³/mol. The molecule has 0 saturated carbocycles. The van der Waals surface area contributed by atoms with Crippen molar-refractivity contribution in [1.82, 2.24) is 9.55 Å². The Morgan fingerprint density at radius 2 is 1.35 bits per heavy atom. The molecule has 1 aliphatic heterocycles. The van der Waals surface area contributed by atoms with Crippen LogP contribution in [0.2, 0.25) is 0 Å². The first kappa shape index (κ1) is 33.6. The maximum absolute atomic E-state index is 6.46. The van der Waals surface area contributed by atoms with E-state index in [9.17, 15) is 0 Å². The summed E-state index contributed by atoms with van der Waals surface area (Å²) in [5.74, 6) is 2.11. The van der Waals surface area contributed by atoms with E-state index < -0.39 is 0 Å². The van der Waals surface area contributed by atoms with Crippen molar-refractivity contribution in [2.24, 2.45) is 0 Å². The van der Waals surface area contributed by atoms with Crippen LogP contribution in [-0.2, 0) is 31.9 Å². The van der Waals surface area contributed by atoms with Crippen LogP contribution in [0, 0.1) is 18.8 Å². The number of pyridine rings is 1. The van der Waals surface area contributed by atoms with Gasteiger partial charge in [0.15, 0.2) is 0 Å². The number of hydrogen-bond acceptors (Lipinski definition) is 4. The Kier molecular flexibility index (Phi) is 8.81. The second kappa shape index (κ2) is 12.6. The van der Waals surface area contributed by atoms with Gasteiger partial charge in [-0.1, -0.05) is 77.4 Å². The molecule has 0 amide bonds. The van der Waals surface area contributed by atoms with Gasteiger partial charge in [0.25, 0.3) is 0 Å². The molecule has 5 nitrogen and oxygen atoms in total. The first-order valence-corrected chi connectivity index (χ1v) is 16.2. The van der Waals surface area contributed by atoms with Crippen molar-refractivity contribution in [3.8, 4) is 17.3 Å². The average Bonchev–Trinajstić information content (AvgIpc) is 3.53. The van der Waals surface area contributed by atoms with Crippen LogP contribution < -0.4 is 14.5 Å². The molecule has 6 aromatic rings. The third-order valence-corrected chi connectivity index (χ3v) is 9.10. The van der Waals surface area contributed by atoms with E-state index in [1.54, 1.807) is 0 Å². The number of ether oxygens (including phenoxy) is 1. The molecule has 0 fully saturated rings. The number of benzene rings is 4. The molecule has 3 heterocycles. The first-order chi connectivity index (χ1) is 22.4. The van der Waals surface area contributed by atoms with Gasteiger partial charge in [0.2, 0.25) is 0 Å². The second-order valence-corrected chi connectivity index (χ2v) is 14.4. The van der Waals surface area contributed by atoms with Gasteiger partial charge in [0.05, 0.1) is 0 Å². The summed E-state index contributed by atoms with van der Waals surface area (Å²) in [5, 5.41) is 2.26. The molecule has 0 spiro atoms. The van der Waals surface area contributed by atoms with E-state index in [4.69, 9.17) is 9.72 Å². The SMILES string of the molecule is CC1=C(C)N(c2cccc(C(C)(C)C)c2)[CH-]N1c1[c-]c(Oc2[c-]c3c(cc2)c2ccccc2n3-c2cc(C(C)(C)C)ccn2)ccc1.[Pt]. The Morgan fingerprint density at radius 1 is 0.667 bits per heavy atom. The van der Waals surface area contributed by atoms with Gasteiger partial charge >= 0.3 is 0 Å². The summed E-state index contributed by atoms with van der Waals surface area (Å²) < 4.78 is 8.65. The third-order valence-electron chi connectivity index (χ3n) is 9.10. The van der Waals surface area contributed by atoms with Crippen molar-refractivity contribution in [1.29, 1.82) is 0 Å². The van der Waals surface area contributed by atoms with E-state index in [-0.39, 0.29) is 31.9 Å². The fraction of sp³-hybridized carbons (Fsp3) is 0.238. The molecule has 6 heteroatoms. The standard InChI is InChI=1S/C42H41N4O.Pt/c1-28-29(2)45(27-44(28)32-14-11-13-30(23-32)41(3,4)5)33-15-12-16-34(25-33)47-35-19-20-37-36-17-9-10-18-38(36)46(39(37)26-35)40-24-31(21-22-43-40)42(6,7)8;/h9-24,27H,1-8H3;/q-3;. The summed E-state index contributed by atoms with van der Waals surface area (Å²) in [6.45, 7) is 19.8. The minimum atomic E-state index is 0. The normalized spacial score (nSPS) is 13.8. The molecular formula is C42H41N4OPt-3. The van der Waals surface area contributed by atoms with Gasteiger partial charge in [-0.3, -0.25) is 0 Å². The largest absolute Gasteiger partial charge is 0.509 e. The van der Waals surface area contributed by atoms with E-state index in [2.05, 4.69) is 161 Å². The van der Waals surface area contributed by atoms with Crippen LogP contribution in [0.1, 0.15) is 66.5 Å².